The van der Waals surface area contributed by atoms with E-state index in [-0.39, 0.29) is 12.0 Å². The number of aliphatic carboxylic acids is 1. The molecule has 1 aliphatic carbocycles. The van der Waals surface area contributed by atoms with Gasteiger partial charge in [0.05, 0.1) is 12.7 Å². The van der Waals surface area contributed by atoms with E-state index in [1.165, 1.54) is 34.7 Å². The molecular weight excluding hydrogens is 488 g/mol. The molecule has 3 aromatic rings. The van der Waals surface area contributed by atoms with Crippen LogP contribution in [-0.2, 0) is 33.8 Å². The van der Waals surface area contributed by atoms with Crippen molar-refractivity contribution >= 4 is 17.6 Å². The number of fused-ring (bicyclic) bond motifs is 1. The molecule has 6 heteroatoms. The van der Waals surface area contributed by atoms with Crippen LogP contribution < -0.4 is 5.32 Å². The van der Waals surface area contributed by atoms with Crippen LogP contribution >= 0.6 is 0 Å². The van der Waals surface area contributed by atoms with E-state index >= 15 is 0 Å². The van der Waals surface area contributed by atoms with E-state index in [9.17, 15) is 14.7 Å². The number of anilines is 1. The first kappa shape index (κ1) is 26.9. The van der Waals surface area contributed by atoms with E-state index in [0.717, 1.165) is 35.2 Å². The smallest absolute Gasteiger partial charge is 0.329 e. The molecule has 0 atom stereocenters. The monoisotopic (exact) mass is 526 g/mol. The number of hydrogen-bond acceptors (Lipinski definition) is 4. The molecule has 1 saturated heterocycles. The summed E-state index contributed by atoms with van der Waals surface area (Å²) in [6.07, 6.45) is 2.63. The van der Waals surface area contributed by atoms with Crippen LogP contribution in [0.15, 0.2) is 54.6 Å². The maximum absolute atomic E-state index is 12.5. The zero-order valence-corrected chi connectivity index (χ0v) is 23.3. The second-order valence-electron chi connectivity index (χ2n) is 11.2. The summed E-state index contributed by atoms with van der Waals surface area (Å²) in [4.78, 5) is 26.0. The van der Waals surface area contributed by atoms with Gasteiger partial charge in [0.2, 0.25) is 5.91 Å². The summed E-state index contributed by atoms with van der Waals surface area (Å²) in [5, 5.41) is 13.6. The van der Waals surface area contributed by atoms with E-state index in [4.69, 9.17) is 4.74 Å². The first-order valence-corrected chi connectivity index (χ1v) is 13.8. The van der Waals surface area contributed by atoms with E-state index in [1.807, 2.05) is 12.1 Å². The van der Waals surface area contributed by atoms with Gasteiger partial charge in [0.15, 0.2) is 0 Å². The fourth-order valence-corrected chi connectivity index (χ4v) is 5.98. The molecule has 0 unspecified atom stereocenters. The van der Waals surface area contributed by atoms with E-state index in [1.54, 1.807) is 4.90 Å². The molecule has 0 radical (unpaired) electrons. The van der Waals surface area contributed by atoms with Gasteiger partial charge in [-0.15, -0.1) is 0 Å². The summed E-state index contributed by atoms with van der Waals surface area (Å²) in [6, 6.07) is 19.0. The second-order valence-corrected chi connectivity index (χ2v) is 11.2. The molecule has 6 nitrogen and oxygen atoms in total. The maximum atomic E-state index is 12.5. The maximum Gasteiger partial charge on any atom is 0.329 e. The average Bonchev–Trinajstić information content (AvgIpc) is 3.34. The third-order valence-corrected chi connectivity index (χ3v) is 8.69. The van der Waals surface area contributed by atoms with Crippen molar-refractivity contribution < 1.29 is 19.4 Å². The van der Waals surface area contributed by atoms with Crippen molar-refractivity contribution in [3.05, 3.63) is 88.0 Å². The Morgan fingerprint density at radius 3 is 2.15 bits per heavy atom. The summed E-state index contributed by atoms with van der Waals surface area (Å²) in [5.41, 5.74) is 9.38. The number of carboxylic acid groups (broad SMARTS) is 1. The third kappa shape index (κ3) is 5.57. The number of rotatable bonds is 7. The van der Waals surface area contributed by atoms with Gasteiger partial charge in [0.1, 0.15) is 5.54 Å². The predicted molar refractivity (Wildman–Crippen MR) is 154 cm³/mol. The van der Waals surface area contributed by atoms with Gasteiger partial charge >= 0.3 is 5.97 Å². The number of carbonyl (C=O) groups is 2. The number of amides is 1. The van der Waals surface area contributed by atoms with Gasteiger partial charge in [0.25, 0.3) is 0 Å². The van der Waals surface area contributed by atoms with Crippen molar-refractivity contribution in [3.8, 4) is 11.1 Å². The normalized spacial score (nSPS) is 16.7. The van der Waals surface area contributed by atoms with E-state index in [2.05, 4.69) is 68.6 Å². The summed E-state index contributed by atoms with van der Waals surface area (Å²) in [7, 11) is 0. The molecule has 204 valence electrons. The highest BCUT2D eigenvalue weighted by Crippen LogP contribution is 2.34. The highest BCUT2D eigenvalue weighted by molar-refractivity contribution is 5.84. The summed E-state index contributed by atoms with van der Waals surface area (Å²) >= 11 is 0. The number of carbonyl (C=O) groups excluding carboxylic acids is 1. The summed E-state index contributed by atoms with van der Waals surface area (Å²) in [6.45, 7) is 9.23. The standard InChI is InChI=1S/C33H38N2O4/c1-21-15-27(16-22(2)23(21)3)31-10-9-29(34-33(32(37)38)11-13-35(14-12-33)24(4)36)17-28(31)20-39-30-18-25-7-5-6-8-26(25)19-30/h5-10,15-17,30,34H,11-14,18-20H2,1-4H3,(H,37,38). The number of carboxylic acids is 1. The molecule has 1 fully saturated rings. The molecular formula is C33H38N2O4. The van der Waals surface area contributed by atoms with Crippen molar-refractivity contribution in [2.45, 2.75) is 71.6 Å². The van der Waals surface area contributed by atoms with Gasteiger partial charge in [-0.25, -0.2) is 4.79 Å². The van der Waals surface area contributed by atoms with Gasteiger partial charge in [0, 0.05) is 25.7 Å². The number of nitrogens with zero attached hydrogens (tertiary/aromatic N) is 1. The van der Waals surface area contributed by atoms with Crippen LogP contribution in [0, 0.1) is 20.8 Å². The van der Waals surface area contributed by atoms with Crippen molar-refractivity contribution in [1.82, 2.24) is 4.90 Å². The molecule has 3 aromatic carbocycles. The molecule has 1 aliphatic heterocycles. The van der Waals surface area contributed by atoms with Crippen molar-refractivity contribution in [2.75, 3.05) is 18.4 Å². The van der Waals surface area contributed by atoms with Crippen molar-refractivity contribution in [2.24, 2.45) is 0 Å². The van der Waals surface area contributed by atoms with Crippen molar-refractivity contribution in [1.29, 1.82) is 0 Å². The Hall–Kier alpha value is -3.64. The first-order valence-electron chi connectivity index (χ1n) is 13.8. The van der Waals surface area contributed by atoms with Crippen LogP contribution in [0.3, 0.4) is 0 Å². The fourth-order valence-electron chi connectivity index (χ4n) is 5.98. The lowest BCUT2D eigenvalue weighted by Crippen LogP contribution is -2.55. The number of piperidine rings is 1. The highest BCUT2D eigenvalue weighted by atomic mass is 16.5. The Morgan fingerprint density at radius 2 is 1.59 bits per heavy atom. The fraction of sp³-hybridized carbons (Fsp3) is 0.394. The lowest BCUT2D eigenvalue weighted by molar-refractivity contribution is -0.146. The summed E-state index contributed by atoms with van der Waals surface area (Å²) < 4.78 is 6.49. The van der Waals surface area contributed by atoms with Crippen LogP contribution in [-0.4, -0.2) is 46.6 Å². The Balaban J connectivity index is 1.43. The van der Waals surface area contributed by atoms with Crippen LogP contribution in [0.2, 0.25) is 0 Å². The van der Waals surface area contributed by atoms with Crippen LogP contribution in [0.25, 0.3) is 11.1 Å². The Kier molecular flexibility index (Phi) is 7.50. The number of likely N-dealkylation sites (tertiary alicyclic amines) is 1. The minimum Gasteiger partial charge on any atom is -0.480 e. The van der Waals surface area contributed by atoms with Gasteiger partial charge in [-0.1, -0.05) is 42.5 Å². The predicted octanol–water partition coefficient (Wildman–Crippen LogP) is 5.84. The minimum absolute atomic E-state index is 0.0180. The summed E-state index contributed by atoms with van der Waals surface area (Å²) in [5.74, 6) is -0.906. The molecule has 2 aliphatic rings. The molecule has 2 N–H and O–H groups in total. The van der Waals surface area contributed by atoms with E-state index < -0.39 is 11.5 Å². The first-order chi connectivity index (χ1) is 18.6. The lowest BCUT2D eigenvalue weighted by Gasteiger charge is -2.39. The largest absolute Gasteiger partial charge is 0.480 e. The molecule has 0 spiro atoms. The van der Waals surface area contributed by atoms with Gasteiger partial charge in [-0.05, 0) is 103 Å². The molecule has 1 amide bonds. The van der Waals surface area contributed by atoms with Crippen LogP contribution in [0.1, 0.15) is 53.1 Å². The number of nitrogens with one attached hydrogen (secondary N) is 1. The number of benzene rings is 3. The highest BCUT2D eigenvalue weighted by Gasteiger charge is 2.42. The zero-order valence-electron chi connectivity index (χ0n) is 23.3. The zero-order chi connectivity index (χ0) is 27.7. The molecule has 0 aromatic heterocycles. The van der Waals surface area contributed by atoms with Gasteiger partial charge in [-0.2, -0.15) is 0 Å². The second kappa shape index (κ2) is 10.9. The molecule has 39 heavy (non-hydrogen) atoms. The number of ether oxygens (including phenoxy) is 1. The third-order valence-electron chi connectivity index (χ3n) is 8.69. The Bertz CT molecular complexity index is 1360. The average molecular weight is 527 g/mol. The van der Waals surface area contributed by atoms with Crippen LogP contribution in [0.5, 0.6) is 0 Å². The topological polar surface area (TPSA) is 78.9 Å². The van der Waals surface area contributed by atoms with E-state index in [0.29, 0.717) is 32.5 Å². The molecule has 0 bridgehead atoms. The lowest BCUT2D eigenvalue weighted by atomic mass is 9.86. The molecule has 5 rings (SSSR count). The SMILES string of the molecule is CC(=O)N1CCC(Nc2ccc(-c3cc(C)c(C)c(C)c3)c(COC3Cc4ccccc4C3)c2)(C(=O)O)CC1. The van der Waals surface area contributed by atoms with Crippen LogP contribution in [0.4, 0.5) is 5.69 Å². The quantitative estimate of drug-likeness (QED) is 0.404. The Labute approximate surface area is 231 Å². The van der Waals surface area contributed by atoms with Gasteiger partial charge in [-0.3, -0.25) is 4.79 Å². The molecule has 1 heterocycles. The minimum atomic E-state index is -1.12. The Morgan fingerprint density at radius 1 is 0.974 bits per heavy atom. The van der Waals surface area contributed by atoms with Crippen molar-refractivity contribution in [3.63, 3.8) is 0 Å². The number of hydrogen-bond donors (Lipinski definition) is 2. The number of aryl methyl sites for hydroxylation is 2. The molecule has 0 saturated carbocycles. The van der Waals surface area contributed by atoms with Gasteiger partial charge < -0.3 is 20.1 Å².